The van der Waals surface area contributed by atoms with Gasteiger partial charge in [-0.2, -0.15) is 9.46 Å². The van der Waals surface area contributed by atoms with Gasteiger partial charge in [0.15, 0.2) is 11.5 Å². The molecule has 2 heterocycles. The van der Waals surface area contributed by atoms with Crippen LogP contribution in [0.4, 0.5) is 0 Å². The van der Waals surface area contributed by atoms with E-state index in [-0.39, 0.29) is 52.9 Å². The maximum absolute atomic E-state index is 12.8. The largest absolute Gasteiger partial charge is 0.617 e. The van der Waals surface area contributed by atoms with Crippen LogP contribution < -0.4 is 14.2 Å². The molecule has 10 heteroatoms. The van der Waals surface area contributed by atoms with E-state index >= 15 is 0 Å². The number of para-hydroxylation sites is 2. The number of benzene rings is 2. The number of hydrogen-bond donors (Lipinski definition) is 1. The summed E-state index contributed by atoms with van der Waals surface area (Å²) >= 11 is 0. The summed E-state index contributed by atoms with van der Waals surface area (Å²) in [6, 6.07) is 8.41. The van der Waals surface area contributed by atoms with Crippen LogP contribution in [0.2, 0.25) is 0 Å². The SMILES string of the molecule is CC1(C)OCC(COCC(=O)Oc2cccc3c2[n+]([O-])c2cccc(O)c2[n+]3[O-])O1. The highest BCUT2D eigenvalue weighted by molar-refractivity contribution is 5.85. The van der Waals surface area contributed by atoms with Gasteiger partial charge >= 0.3 is 17.0 Å². The second kappa shape index (κ2) is 7.56. The van der Waals surface area contributed by atoms with Crippen LogP contribution in [0.5, 0.6) is 11.5 Å². The standard InChI is InChI=1S/C20H20N2O8/c1-20(2)28-10-12(30-20)9-27-11-17(24)29-16-8-4-6-14-19(16)22(26)13-5-3-7-15(23)18(13)21(14)25/h3-8,12,23H,9-11H2,1-2H3. The van der Waals surface area contributed by atoms with Crippen molar-refractivity contribution in [2.75, 3.05) is 19.8 Å². The summed E-state index contributed by atoms with van der Waals surface area (Å²) in [6.45, 7) is 3.68. The molecule has 1 unspecified atom stereocenters. The van der Waals surface area contributed by atoms with Crippen molar-refractivity contribution in [1.82, 2.24) is 0 Å². The summed E-state index contributed by atoms with van der Waals surface area (Å²) in [5, 5.41) is 35.5. The molecular formula is C20H20N2O8. The highest BCUT2D eigenvalue weighted by Gasteiger charge is 2.33. The smallest absolute Gasteiger partial charge is 0.337 e. The lowest BCUT2D eigenvalue weighted by Crippen LogP contribution is -2.39. The number of nitrogens with zero attached hydrogens (tertiary/aromatic N) is 2. The lowest BCUT2D eigenvalue weighted by atomic mass is 10.2. The molecule has 30 heavy (non-hydrogen) atoms. The summed E-state index contributed by atoms with van der Waals surface area (Å²) in [6.07, 6.45) is -0.299. The molecule has 10 nitrogen and oxygen atoms in total. The summed E-state index contributed by atoms with van der Waals surface area (Å²) < 4.78 is 22.5. The van der Waals surface area contributed by atoms with Gasteiger partial charge in [0.25, 0.3) is 11.0 Å². The van der Waals surface area contributed by atoms with Gasteiger partial charge in [0.1, 0.15) is 12.7 Å². The molecule has 1 aromatic heterocycles. The summed E-state index contributed by atoms with van der Waals surface area (Å²) in [7, 11) is 0. The summed E-state index contributed by atoms with van der Waals surface area (Å²) in [5.74, 6) is -1.85. The Labute approximate surface area is 170 Å². The van der Waals surface area contributed by atoms with Crippen molar-refractivity contribution >= 4 is 28.0 Å². The number of phenolic OH excluding ortho intramolecular Hbond substituents is 1. The second-order valence-electron chi connectivity index (χ2n) is 7.30. The fourth-order valence-electron chi connectivity index (χ4n) is 3.36. The van der Waals surface area contributed by atoms with E-state index in [1.807, 2.05) is 0 Å². The minimum atomic E-state index is -0.742. The van der Waals surface area contributed by atoms with Crippen molar-refractivity contribution in [1.29, 1.82) is 0 Å². The minimum absolute atomic E-state index is 0.0519. The molecule has 0 bridgehead atoms. The third kappa shape index (κ3) is 3.67. The van der Waals surface area contributed by atoms with Crippen molar-refractivity contribution < 1.29 is 38.3 Å². The number of esters is 1. The monoisotopic (exact) mass is 416 g/mol. The summed E-state index contributed by atoms with van der Waals surface area (Å²) in [4.78, 5) is 12.2. The fraction of sp³-hybridized carbons (Fsp3) is 0.350. The number of carbonyl (C=O) groups is 1. The molecule has 0 amide bonds. The van der Waals surface area contributed by atoms with Crippen LogP contribution in [0, 0.1) is 10.4 Å². The molecule has 3 aromatic rings. The fourth-order valence-corrected chi connectivity index (χ4v) is 3.36. The van der Waals surface area contributed by atoms with E-state index < -0.39 is 11.8 Å². The van der Waals surface area contributed by atoms with Gasteiger partial charge in [-0.1, -0.05) is 12.1 Å². The molecule has 0 spiro atoms. The lowest BCUT2D eigenvalue weighted by molar-refractivity contribution is -0.591. The molecule has 1 N–H and O–H groups in total. The number of phenols is 1. The Kier molecular flexibility index (Phi) is 5.06. The molecule has 0 saturated carbocycles. The third-order valence-corrected chi connectivity index (χ3v) is 4.63. The van der Waals surface area contributed by atoms with Gasteiger partial charge in [0.2, 0.25) is 5.75 Å². The lowest BCUT2D eigenvalue weighted by Gasteiger charge is -2.16. The first-order valence-corrected chi connectivity index (χ1v) is 9.26. The van der Waals surface area contributed by atoms with E-state index in [0.29, 0.717) is 16.1 Å². The summed E-state index contributed by atoms with van der Waals surface area (Å²) in [5.41, 5.74) is -0.413. The Hall–Kier alpha value is -3.21. The molecular weight excluding hydrogens is 396 g/mol. The van der Waals surface area contributed by atoms with Crippen molar-refractivity contribution in [3.63, 3.8) is 0 Å². The number of aromatic nitrogens is 2. The number of carbonyl (C=O) groups excluding carboxylic acids is 1. The molecule has 1 aliphatic heterocycles. The van der Waals surface area contributed by atoms with Gasteiger partial charge in [-0.15, -0.1) is 0 Å². The van der Waals surface area contributed by atoms with Crippen molar-refractivity contribution in [2.45, 2.75) is 25.7 Å². The maximum Gasteiger partial charge on any atom is 0.337 e. The van der Waals surface area contributed by atoms with Crippen LogP contribution in [0.25, 0.3) is 22.1 Å². The van der Waals surface area contributed by atoms with Crippen LogP contribution >= 0.6 is 0 Å². The molecule has 0 aliphatic carbocycles. The topological polar surface area (TPSA) is 128 Å². The van der Waals surface area contributed by atoms with Crippen molar-refractivity contribution in [2.24, 2.45) is 0 Å². The molecule has 4 rings (SSSR count). The van der Waals surface area contributed by atoms with Gasteiger partial charge in [-0.25, -0.2) is 4.79 Å². The normalized spacial score (nSPS) is 18.1. The zero-order valence-corrected chi connectivity index (χ0v) is 16.4. The minimum Gasteiger partial charge on any atom is -0.617 e. The van der Waals surface area contributed by atoms with E-state index in [0.717, 1.165) is 0 Å². The Bertz CT molecular complexity index is 1130. The van der Waals surface area contributed by atoms with Crippen LogP contribution in [-0.2, 0) is 19.0 Å². The predicted molar refractivity (Wildman–Crippen MR) is 102 cm³/mol. The number of aromatic hydroxyl groups is 1. The highest BCUT2D eigenvalue weighted by Crippen LogP contribution is 2.26. The molecule has 2 aromatic carbocycles. The van der Waals surface area contributed by atoms with Gasteiger partial charge in [0, 0.05) is 12.1 Å². The average Bonchev–Trinajstić information content (AvgIpc) is 3.04. The van der Waals surface area contributed by atoms with Gasteiger partial charge in [-0.05, 0) is 26.0 Å². The third-order valence-electron chi connectivity index (χ3n) is 4.63. The van der Waals surface area contributed by atoms with E-state index in [1.54, 1.807) is 13.8 Å². The van der Waals surface area contributed by atoms with Crippen molar-refractivity contribution in [3.05, 3.63) is 46.8 Å². The Morgan fingerprint density at radius 3 is 2.53 bits per heavy atom. The molecule has 1 atom stereocenters. The van der Waals surface area contributed by atoms with Gasteiger partial charge < -0.3 is 34.5 Å². The van der Waals surface area contributed by atoms with Crippen LogP contribution in [-0.4, -0.2) is 42.8 Å². The number of hydrogen-bond acceptors (Lipinski definition) is 8. The number of ether oxygens (including phenoxy) is 4. The number of rotatable bonds is 5. The van der Waals surface area contributed by atoms with Gasteiger partial charge in [-0.3, -0.25) is 0 Å². The number of fused-ring (bicyclic) bond motifs is 2. The molecule has 1 fully saturated rings. The Balaban J connectivity index is 1.54. The quantitative estimate of drug-likeness (QED) is 0.215. The Morgan fingerprint density at radius 1 is 1.17 bits per heavy atom. The van der Waals surface area contributed by atoms with E-state index in [4.69, 9.17) is 18.9 Å². The van der Waals surface area contributed by atoms with Crippen LogP contribution in [0.1, 0.15) is 13.8 Å². The molecule has 1 aliphatic rings. The molecule has 1 saturated heterocycles. The van der Waals surface area contributed by atoms with E-state index in [2.05, 4.69) is 0 Å². The second-order valence-corrected chi connectivity index (χ2v) is 7.30. The Morgan fingerprint density at radius 2 is 1.83 bits per heavy atom. The van der Waals surface area contributed by atoms with Crippen molar-refractivity contribution in [3.8, 4) is 11.5 Å². The van der Waals surface area contributed by atoms with Crippen LogP contribution in [0.15, 0.2) is 36.4 Å². The highest BCUT2D eigenvalue weighted by atomic mass is 16.7. The molecule has 0 radical (unpaired) electrons. The predicted octanol–water partition coefficient (Wildman–Crippen LogP) is 1.04. The van der Waals surface area contributed by atoms with E-state index in [1.165, 1.54) is 36.4 Å². The average molecular weight is 416 g/mol. The van der Waals surface area contributed by atoms with Crippen LogP contribution in [0.3, 0.4) is 0 Å². The first kappa shape index (κ1) is 20.1. The first-order valence-electron chi connectivity index (χ1n) is 9.26. The van der Waals surface area contributed by atoms with Gasteiger partial charge in [0.05, 0.1) is 13.2 Å². The first-order chi connectivity index (χ1) is 14.3. The zero-order chi connectivity index (χ0) is 21.5. The zero-order valence-electron chi connectivity index (χ0n) is 16.4. The maximum atomic E-state index is 12.8. The molecule has 158 valence electrons. The van der Waals surface area contributed by atoms with E-state index in [9.17, 15) is 20.3 Å².